The van der Waals surface area contributed by atoms with Crippen molar-refractivity contribution in [3.05, 3.63) is 0 Å². The minimum absolute atomic E-state index is 0.287. The summed E-state index contributed by atoms with van der Waals surface area (Å²) < 4.78 is 0. The lowest BCUT2D eigenvalue weighted by atomic mass is 10.1. The number of carbonyl (C=O) groups excluding carboxylic acids is 4. The summed E-state index contributed by atoms with van der Waals surface area (Å²) in [4.78, 5) is 62.1. The molecule has 0 amide bonds. The number of rotatable bonds is 18. The molecule has 0 spiro atoms. The van der Waals surface area contributed by atoms with E-state index in [2.05, 4.69) is 33.4 Å². The zero-order valence-electron chi connectivity index (χ0n) is 23.7. The van der Waals surface area contributed by atoms with Crippen LogP contribution < -0.4 is 0 Å². The highest BCUT2D eigenvalue weighted by molar-refractivity contribution is 5.75. The molecular formula is C28H52O8. The Kier molecular flexibility index (Phi) is 26.0. The summed E-state index contributed by atoms with van der Waals surface area (Å²) >= 11 is 0. The van der Waals surface area contributed by atoms with Gasteiger partial charge in [-0.25, -0.2) is 38.7 Å². The molecule has 0 radical (unpaired) electrons. The van der Waals surface area contributed by atoms with Gasteiger partial charge in [-0.3, -0.25) is 0 Å². The molecule has 0 atom stereocenters. The fourth-order valence-corrected chi connectivity index (χ4v) is 2.90. The SMILES string of the molecule is CC(C)C(=O)OOC(=O)C(C)C.CCCCCCCCCC(=O)OOC(=O)CCCCCCCCC. The Morgan fingerprint density at radius 3 is 1.00 bits per heavy atom. The highest BCUT2D eigenvalue weighted by Gasteiger charge is 2.15. The van der Waals surface area contributed by atoms with Crippen molar-refractivity contribution in [2.24, 2.45) is 11.8 Å². The second-order valence-corrected chi connectivity index (χ2v) is 9.77. The Balaban J connectivity index is 0. The van der Waals surface area contributed by atoms with Gasteiger partial charge in [-0.15, -0.1) is 0 Å². The highest BCUT2D eigenvalue weighted by Crippen LogP contribution is 2.10. The van der Waals surface area contributed by atoms with Crippen molar-refractivity contribution in [3.63, 3.8) is 0 Å². The summed E-state index contributed by atoms with van der Waals surface area (Å²) in [6, 6.07) is 0. The second kappa shape index (κ2) is 26.0. The van der Waals surface area contributed by atoms with Crippen LogP contribution in [0.1, 0.15) is 144 Å². The molecular weight excluding hydrogens is 464 g/mol. The van der Waals surface area contributed by atoms with E-state index in [0.717, 1.165) is 38.5 Å². The highest BCUT2D eigenvalue weighted by atomic mass is 17.2. The van der Waals surface area contributed by atoms with Gasteiger partial charge in [-0.2, -0.15) is 0 Å². The minimum Gasteiger partial charge on any atom is -0.247 e. The molecule has 0 aromatic heterocycles. The lowest BCUT2D eigenvalue weighted by molar-refractivity contribution is -0.263. The molecule has 0 saturated heterocycles. The number of hydrogen-bond donors (Lipinski definition) is 0. The van der Waals surface area contributed by atoms with Gasteiger partial charge in [0.15, 0.2) is 0 Å². The smallest absolute Gasteiger partial charge is 0.247 e. The summed E-state index contributed by atoms with van der Waals surface area (Å²) in [7, 11) is 0. The predicted octanol–water partition coefficient (Wildman–Crippen LogP) is 7.57. The zero-order valence-corrected chi connectivity index (χ0v) is 23.7. The van der Waals surface area contributed by atoms with Gasteiger partial charge in [0.1, 0.15) is 0 Å². The van der Waals surface area contributed by atoms with Gasteiger partial charge in [0, 0.05) is 0 Å². The van der Waals surface area contributed by atoms with Crippen LogP contribution in [0.3, 0.4) is 0 Å². The fourth-order valence-electron chi connectivity index (χ4n) is 2.90. The molecule has 0 heterocycles. The van der Waals surface area contributed by atoms with Crippen molar-refractivity contribution in [2.45, 2.75) is 144 Å². The van der Waals surface area contributed by atoms with Crippen LogP contribution in [0.5, 0.6) is 0 Å². The quantitative estimate of drug-likeness (QED) is 0.104. The van der Waals surface area contributed by atoms with E-state index < -0.39 is 23.9 Å². The molecule has 0 aliphatic carbocycles. The van der Waals surface area contributed by atoms with E-state index in [1.807, 2.05) is 0 Å². The van der Waals surface area contributed by atoms with Gasteiger partial charge >= 0.3 is 23.9 Å². The summed E-state index contributed by atoms with van der Waals surface area (Å²) in [5.41, 5.74) is 0. The average molecular weight is 517 g/mol. The van der Waals surface area contributed by atoms with Crippen molar-refractivity contribution < 1.29 is 38.7 Å². The first-order valence-electron chi connectivity index (χ1n) is 14.0. The van der Waals surface area contributed by atoms with E-state index in [1.165, 1.54) is 51.4 Å². The minimum atomic E-state index is -0.538. The summed E-state index contributed by atoms with van der Waals surface area (Å²) in [5, 5.41) is 0. The maximum Gasteiger partial charge on any atom is 0.358 e. The molecule has 0 aromatic carbocycles. The molecule has 0 aliphatic rings. The van der Waals surface area contributed by atoms with E-state index in [1.54, 1.807) is 27.7 Å². The molecule has 0 aromatic rings. The third kappa shape index (κ3) is 26.5. The molecule has 8 nitrogen and oxygen atoms in total. The number of hydrogen-bond acceptors (Lipinski definition) is 8. The topological polar surface area (TPSA) is 105 Å². The van der Waals surface area contributed by atoms with Crippen molar-refractivity contribution in [1.82, 2.24) is 0 Å². The van der Waals surface area contributed by atoms with Crippen LogP contribution in [0.2, 0.25) is 0 Å². The van der Waals surface area contributed by atoms with Gasteiger partial charge in [-0.1, -0.05) is 119 Å². The number of carbonyl (C=O) groups is 4. The van der Waals surface area contributed by atoms with Gasteiger partial charge < -0.3 is 0 Å². The predicted molar refractivity (Wildman–Crippen MR) is 139 cm³/mol. The Morgan fingerprint density at radius 2 is 0.722 bits per heavy atom. The monoisotopic (exact) mass is 516 g/mol. The van der Waals surface area contributed by atoms with E-state index in [4.69, 9.17) is 0 Å². The largest absolute Gasteiger partial charge is 0.358 e. The van der Waals surface area contributed by atoms with Crippen LogP contribution in [0.4, 0.5) is 0 Å². The van der Waals surface area contributed by atoms with Crippen LogP contribution in [-0.2, 0) is 38.7 Å². The van der Waals surface area contributed by atoms with Crippen LogP contribution in [0.25, 0.3) is 0 Å². The Hall–Kier alpha value is -2.12. The molecule has 8 heteroatoms. The van der Waals surface area contributed by atoms with E-state index in [9.17, 15) is 19.2 Å². The standard InChI is InChI=1S/C20H38O4.C8H14O4/c1-3-5-7-9-11-13-15-17-19(21)23-24-20(22)18-16-14-12-10-8-6-4-2;1-5(2)7(9)11-12-8(10)6(3)4/h3-18H2,1-2H3;5-6H,1-4H3. The maximum absolute atomic E-state index is 11.5. The normalized spacial score (nSPS) is 10.4. The van der Waals surface area contributed by atoms with Crippen LogP contribution in [-0.4, -0.2) is 23.9 Å². The van der Waals surface area contributed by atoms with Gasteiger partial charge in [0.2, 0.25) is 0 Å². The first-order chi connectivity index (χ1) is 17.1. The average Bonchev–Trinajstić information content (AvgIpc) is 2.84. The van der Waals surface area contributed by atoms with Crippen molar-refractivity contribution in [3.8, 4) is 0 Å². The van der Waals surface area contributed by atoms with Gasteiger partial charge in [-0.05, 0) is 12.8 Å². The lowest BCUT2D eigenvalue weighted by Crippen LogP contribution is -2.18. The molecule has 0 aliphatic heterocycles. The Morgan fingerprint density at radius 1 is 0.444 bits per heavy atom. The third-order valence-corrected chi connectivity index (χ3v) is 5.35. The molecule has 212 valence electrons. The summed E-state index contributed by atoms with van der Waals surface area (Å²) in [6.07, 6.45) is 16.7. The molecule has 0 saturated carbocycles. The van der Waals surface area contributed by atoms with Crippen molar-refractivity contribution >= 4 is 23.9 Å². The molecule has 0 rings (SSSR count). The van der Waals surface area contributed by atoms with E-state index in [-0.39, 0.29) is 11.8 Å². The maximum atomic E-state index is 11.5. The zero-order chi connectivity index (χ0) is 27.6. The molecule has 0 bridgehead atoms. The van der Waals surface area contributed by atoms with Crippen LogP contribution >= 0.6 is 0 Å². The first kappa shape index (κ1) is 36.0. The number of unbranched alkanes of at least 4 members (excludes halogenated alkanes) is 12. The second-order valence-electron chi connectivity index (χ2n) is 9.77. The Bertz CT molecular complexity index is 522. The molecule has 0 N–H and O–H groups in total. The van der Waals surface area contributed by atoms with Crippen LogP contribution in [0.15, 0.2) is 0 Å². The van der Waals surface area contributed by atoms with E-state index in [0.29, 0.717) is 12.8 Å². The fraction of sp³-hybridized carbons (Fsp3) is 0.857. The summed E-state index contributed by atoms with van der Waals surface area (Å²) in [6.45, 7) is 11.0. The third-order valence-electron chi connectivity index (χ3n) is 5.35. The lowest BCUT2D eigenvalue weighted by Gasteiger charge is -2.05. The first-order valence-corrected chi connectivity index (χ1v) is 14.0. The van der Waals surface area contributed by atoms with Crippen molar-refractivity contribution in [2.75, 3.05) is 0 Å². The van der Waals surface area contributed by atoms with Crippen molar-refractivity contribution in [1.29, 1.82) is 0 Å². The van der Waals surface area contributed by atoms with Crippen LogP contribution in [0, 0.1) is 11.8 Å². The molecule has 36 heavy (non-hydrogen) atoms. The molecule has 0 fully saturated rings. The Labute approximate surface area is 219 Å². The summed E-state index contributed by atoms with van der Waals surface area (Å²) in [5.74, 6) is -2.52. The van der Waals surface area contributed by atoms with Gasteiger partial charge in [0.25, 0.3) is 0 Å². The molecule has 0 unspecified atom stereocenters. The van der Waals surface area contributed by atoms with E-state index >= 15 is 0 Å². The van der Waals surface area contributed by atoms with Gasteiger partial charge in [0.05, 0.1) is 24.7 Å².